The molecule has 3 aromatic rings. The first kappa shape index (κ1) is 11.8. The van der Waals surface area contributed by atoms with Crippen LogP contribution in [-0.4, -0.2) is 15.0 Å². The van der Waals surface area contributed by atoms with Gasteiger partial charge in [-0.15, -0.1) is 0 Å². The summed E-state index contributed by atoms with van der Waals surface area (Å²) in [4.78, 5) is 10.9. The summed E-state index contributed by atoms with van der Waals surface area (Å²) in [6.07, 6.45) is 1.14. The fourth-order valence-electron chi connectivity index (χ4n) is 2.12. The minimum atomic E-state index is -0.472. The second-order valence-corrected chi connectivity index (χ2v) is 4.48. The summed E-state index contributed by atoms with van der Waals surface area (Å²) in [7, 11) is 0. The quantitative estimate of drug-likeness (QED) is 0.726. The molecule has 0 aliphatic heterocycles. The SMILES string of the molecule is Cc1cc(-c2cc(F)c3nc(C)[nH]c3c2)c(F)cn1. The number of rotatable bonds is 1. The minimum absolute atomic E-state index is 0.271. The van der Waals surface area contributed by atoms with E-state index in [9.17, 15) is 8.78 Å². The van der Waals surface area contributed by atoms with E-state index in [1.165, 1.54) is 6.07 Å². The molecule has 0 bridgehead atoms. The zero-order chi connectivity index (χ0) is 13.6. The third-order valence-electron chi connectivity index (χ3n) is 2.96. The van der Waals surface area contributed by atoms with Crippen LogP contribution in [0.4, 0.5) is 8.78 Å². The van der Waals surface area contributed by atoms with E-state index in [0.29, 0.717) is 28.2 Å². The lowest BCUT2D eigenvalue weighted by Crippen LogP contribution is -1.91. The van der Waals surface area contributed by atoms with Crippen LogP contribution in [0.15, 0.2) is 24.4 Å². The van der Waals surface area contributed by atoms with Crippen molar-refractivity contribution in [3.63, 3.8) is 0 Å². The largest absolute Gasteiger partial charge is 0.342 e. The van der Waals surface area contributed by atoms with Crippen LogP contribution in [-0.2, 0) is 0 Å². The summed E-state index contributed by atoms with van der Waals surface area (Å²) in [6, 6.07) is 4.58. The van der Waals surface area contributed by atoms with Crippen LogP contribution >= 0.6 is 0 Å². The zero-order valence-electron chi connectivity index (χ0n) is 10.5. The van der Waals surface area contributed by atoms with E-state index < -0.39 is 11.6 Å². The van der Waals surface area contributed by atoms with Gasteiger partial charge < -0.3 is 4.98 Å². The summed E-state index contributed by atoms with van der Waals surface area (Å²) in [5.41, 5.74) is 2.31. The number of hydrogen-bond donors (Lipinski definition) is 1. The molecular formula is C14H11F2N3. The van der Waals surface area contributed by atoms with Gasteiger partial charge in [-0.25, -0.2) is 13.8 Å². The average molecular weight is 259 g/mol. The molecule has 0 aliphatic rings. The number of nitrogens with one attached hydrogen (secondary N) is 1. The van der Waals surface area contributed by atoms with E-state index in [1.807, 2.05) is 0 Å². The number of aromatic amines is 1. The molecule has 19 heavy (non-hydrogen) atoms. The van der Waals surface area contributed by atoms with E-state index in [0.717, 1.165) is 6.20 Å². The molecule has 96 valence electrons. The number of imidazole rings is 1. The highest BCUT2D eigenvalue weighted by molar-refractivity contribution is 5.82. The average Bonchev–Trinajstić information content (AvgIpc) is 2.73. The van der Waals surface area contributed by atoms with Crippen molar-refractivity contribution in [2.24, 2.45) is 0 Å². The van der Waals surface area contributed by atoms with Crippen molar-refractivity contribution >= 4 is 11.0 Å². The number of benzene rings is 1. The first-order chi connectivity index (χ1) is 9.04. The van der Waals surface area contributed by atoms with Crippen molar-refractivity contribution in [2.75, 3.05) is 0 Å². The minimum Gasteiger partial charge on any atom is -0.342 e. The molecule has 3 nitrogen and oxygen atoms in total. The predicted molar refractivity (Wildman–Crippen MR) is 68.7 cm³/mol. The molecule has 3 rings (SSSR count). The maximum absolute atomic E-state index is 14.0. The Kier molecular flexibility index (Phi) is 2.55. The molecule has 0 saturated heterocycles. The van der Waals surface area contributed by atoms with Crippen molar-refractivity contribution in [1.82, 2.24) is 15.0 Å². The van der Waals surface area contributed by atoms with Gasteiger partial charge in [0.1, 0.15) is 17.2 Å². The van der Waals surface area contributed by atoms with Crippen LogP contribution in [0.5, 0.6) is 0 Å². The lowest BCUT2D eigenvalue weighted by atomic mass is 10.0. The molecule has 0 unspecified atom stereocenters. The Balaban J connectivity index is 2.27. The van der Waals surface area contributed by atoms with Gasteiger partial charge in [-0.05, 0) is 37.6 Å². The molecule has 0 atom stereocenters. The predicted octanol–water partition coefficient (Wildman–Crippen LogP) is 3.52. The van der Waals surface area contributed by atoms with Gasteiger partial charge in [-0.1, -0.05) is 0 Å². The Labute approximate surface area is 108 Å². The molecular weight excluding hydrogens is 248 g/mol. The lowest BCUT2D eigenvalue weighted by Gasteiger charge is -2.05. The smallest absolute Gasteiger partial charge is 0.151 e. The van der Waals surface area contributed by atoms with Gasteiger partial charge in [-0.2, -0.15) is 0 Å². The molecule has 0 spiro atoms. The number of hydrogen-bond acceptors (Lipinski definition) is 2. The second kappa shape index (κ2) is 4.12. The van der Waals surface area contributed by atoms with E-state index in [2.05, 4.69) is 15.0 Å². The maximum atomic E-state index is 14.0. The molecule has 0 saturated carbocycles. The van der Waals surface area contributed by atoms with Crippen molar-refractivity contribution in [1.29, 1.82) is 0 Å². The van der Waals surface area contributed by atoms with E-state index >= 15 is 0 Å². The van der Waals surface area contributed by atoms with Gasteiger partial charge in [0.2, 0.25) is 0 Å². The summed E-state index contributed by atoms with van der Waals surface area (Å²) in [6.45, 7) is 3.51. The number of aromatic nitrogens is 3. The van der Waals surface area contributed by atoms with Gasteiger partial charge in [0.05, 0.1) is 11.7 Å². The number of fused-ring (bicyclic) bond motifs is 1. The van der Waals surface area contributed by atoms with Crippen molar-refractivity contribution in [2.45, 2.75) is 13.8 Å². The van der Waals surface area contributed by atoms with Crippen LogP contribution in [0.25, 0.3) is 22.2 Å². The Morgan fingerprint density at radius 2 is 1.84 bits per heavy atom. The van der Waals surface area contributed by atoms with Gasteiger partial charge in [0.15, 0.2) is 5.82 Å². The highest BCUT2D eigenvalue weighted by Crippen LogP contribution is 2.27. The normalized spacial score (nSPS) is 11.2. The molecule has 2 aromatic heterocycles. The molecule has 0 amide bonds. The monoisotopic (exact) mass is 259 g/mol. The van der Waals surface area contributed by atoms with Crippen molar-refractivity contribution < 1.29 is 8.78 Å². The van der Waals surface area contributed by atoms with Gasteiger partial charge in [0, 0.05) is 11.3 Å². The summed E-state index contributed by atoms with van der Waals surface area (Å²) in [5, 5.41) is 0. The first-order valence-electron chi connectivity index (χ1n) is 5.83. The Hall–Kier alpha value is -2.30. The molecule has 0 fully saturated rings. The van der Waals surface area contributed by atoms with Gasteiger partial charge >= 0.3 is 0 Å². The summed E-state index contributed by atoms with van der Waals surface area (Å²) in [5.74, 6) is -0.316. The molecule has 2 heterocycles. The number of halogens is 2. The van der Waals surface area contributed by atoms with E-state index in [1.54, 1.807) is 26.0 Å². The van der Waals surface area contributed by atoms with Crippen LogP contribution < -0.4 is 0 Å². The lowest BCUT2D eigenvalue weighted by molar-refractivity contribution is 0.622. The molecule has 5 heteroatoms. The van der Waals surface area contributed by atoms with Crippen LogP contribution in [0.2, 0.25) is 0 Å². The fraction of sp³-hybridized carbons (Fsp3) is 0.143. The van der Waals surface area contributed by atoms with E-state index in [4.69, 9.17) is 0 Å². The molecule has 1 aromatic carbocycles. The highest BCUT2D eigenvalue weighted by atomic mass is 19.1. The fourth-order valence-corrected chi connectivity index (χ4v) is 2.12. The number of aryl methyl sites for hydroxylation is 2. The topological polar surface area (TPSA) is 41.6 Å². The van der Waals surface area contributed by atoms with Crippen molar-refractivity contribution in [3.8, 4) is 11.1 Å². The number of nitrogens with zero attached hydrogens (tertiary/aromatic N) is 2. The Bertz CT molecular complexity index is 778. The van der Waals surface area contributed by atoms with Crippen LogP contribution in [0, 0.1) is 25.5 Å². The summed E-state index contributed by atoms with van der Waals surface area (Å²) < 4.78 is 27.7. The molecule has 1 N–H and O–H groups in total. The molecule has 0 radical (unpaired) electrons. The highest BCUT2D eigenvalue weighted by Gasteiger charge is 2.12. The maximum Gasteiger partial charge on any atom is 0.151 e. The van der Waals surface area contributed by atoms with Gasteiger partial charge in [0.25, 0.3) is 0 Å². The standard InChI is InChI=1S/C14H11F2N3/c1-7-3-10(12(16)6-17-7)9-4-11(15)14-13(5-9)18-8(2)19-14/h3-6H,1-2H3,(H,18,19). The third-order valence-corrected chi connectivity index (χ3v) is 2.96. The first-order valence-corrected chi connectivity index (χ1v) is 5.83. The number of pyridine rings is 1. The van der Waals surface area contributed by atoms with Crippen molar-refractivity contribution in [3.05, 3.63) is 47.5 Å². The summed E-state index contributed by atoms with van der Waals surface area (Å²) >= 11 is 0. The Morgan fingerprint density at radius 1 is 1.05 bits per heavy atom. The Morgan fingerprint density at radius 3 is 2.63 bits per heavy atom. The molecule has 0 aliphatic carbocycles. The van der Waals surface area contributed by atoms with E-state index in [-0.39, 0.29) is 5.52 Å². The van der Waals surface area contributed by atoms with Gasteiger partial charge in [-0.3, -0.25) is 4.98 Å². The second-order valence-electron chi connectivity index (χ2n) is 4.48. The van der Waals surface area contributed by atoms with Crippen LogP contribution in [0.3, 0.4) is 0 Å². The zero-order valence-corrected chi connectivity index (χ0v) is 10.5. The third kappa shape index (κ3) is 1.97. The van der Waals surface area contributed by atoms with Crippen LogP contribution in [0.1, 0.15) is 11.5 Å². The number of H-pyrrole nitrogens is 1.